The second-order valence-corrected chi connectivity index (χ2v) is 6.16. The van der Waals surface area contributed by atoms with Crippen LogP contribution < -0.4 is 9.47 Å². The van der Waals surface area contributed by atoms with E-state index in [-0.39, 0.29) is 11.7 Å². The van der Waals surface area contributed by atoms with Crippen molar-refractivity contribution in [3.05, 3.63) is 23.8 Å². The summed E-state index contributed by atoms with van der Waals surface area (Å²) in [5.74, 6) is 0.851. The van der Waals surface area contributed by atoms with Crippen molar-refractivity contribution in [2.45, 2.75) is 20.3 Å². The van der Waals surface area contributed by atoms with Crippen LogP contribution in [0.4, 0.5) is 4.79 Å². The van der Waals surface area contributed by atoms with E-state index >= 15 is 0 Å². The van der Waals surface area contributed by atoms with Crippen molar-refractivity contribution in [3.8, 4) is 11.5 Å². The van der Waals surface area contributed by atoms with Crippen LogP contribution in [0, 0.1) is 5.92 Å². The molecule has 2 rings (SSSR count). The molecule has 1 unspecified atom stereocenters. The third-order valence-corrected chi connectivity index (χ3v) is 4.12. The van der Waals surface area contributed by atoms with Crippen LogP contribution in [-0.2, 0) is 0 Å². The number of amides is 1. The molecule has 0 saturated heterocycles. The summed E-state index contributed by atoms with van der Waals surface area (Å²) in [5, 5.41) is 0. The molecule has 0 spiro atoms. The average molecular weight is 334 g/mol. The number of Topliss-reactive ketones (excluding diaryl/α,β-unsaturated/α-hetero) is 1. The van der Waals surface area contributed by atoms with Gasteiger partial charge in [0.05, 0.1) is 12.2 Å². The van der Waals surface area contributed by atoms with Crippen LogP contribution in [0.15, 0.2) is 18.2 Å². The summed E-state index contributed by atoms with van der Waals surface area (Å²) in [4.78, 5) is 28.5. The third-order valence-electron chi connectivity index (χ3n) is 4.12. The minimum Gasteiger partial charge on any atom is -0.493 e. The largest absolute Gasteiger partial charge is 0.493 e. The summed E-state index contributed by atoms with van der Waals surface area (Å²) < 4.78 is 11.1. The van der Waals surface area contributed by atoms with Gasteiger partial charge in [-0.15, -0.1) is 0 Å². The zero-order chi connectivity index (χ0) is 17.7. The highest BCUT2D eigenvalue weighted by Gasteiger charge is 2.27. The lowest BCUT2D eigenvalue weighted by Gasteiger charge is -2.19. The molecule has 0 bridgehead atoms. The topological polar surface area (TPSA) is 59.1 Å². The van der Waals surface area contributed by atoms with E-state index in [9.17, 15) is 9.59 Å². The molecule has 24 heavy (non-hydrogen) atoms. The van der Waals surface area contributed by atoms with Gasteiger partial charge in [-0.25, -0.2) is 4.79 Å². The highest BCUT2D eigenvalue weighted by Crippen LogP contribution is 2.30. The fraction of sp³-hybridized carbons (Fsp3) is 0.556. The van der Waals surface area contributed by atoms with E-state index in [1.54, 1.807) is 23.1 Å². The molecule has 1 aromatic carbocycles. The molecule has 1 heterocycles. The monoisotopic (exact) mass is 334 g/mol. The molecule has 0 N–H and O–H groups in total. The molecule has 6 heteroatoms. The quantitative estimate of drug-likeness (QED) is 0.828. The zero-order valence-corrected chi connectivity index (χ0v) is 14.9. The van der Waals surface area contributed by atoms with E-state index in [0.717, 1.165) is 0 Å². The molecule has 0 saturated carbocycles. The summed E-state index contributed by atoms with van der Waals surface area (Å²) in [7, 11) is 3.89. The maximum Gasteiger partial charge on any atom is 0.415 e. The first kappa shape index (κ1) is 18.3. The second-order valence-electron chi connectivity index (χ2n) is 6.16. The van der Waals surface area contributed by atoms with Gasteiger partial charge in [-0.05, 0) is 52.6 Å². The molecule has 0 aliphatic carbocycles. The normalized spacial score (nSPS) is 17.0. The van der Waals surface area contributed by atoms with Gasteiger partial charge in [0.15, 0.2) is 5.78 Å². The first-order valence-electron chi connectivity index (χ1n) is 8.38. The van der Waals surface area contributed by atoms with Crippen LogP contribution in [0.1, 0.15) is 30.6 Å². The van der Waals surface area contributed by atoms with Crippen molar-refractivity contribution in [2.24, 2.45) is 5.92 Å². The van der Waals surface area contributed by atoms with Crippen molar-refractivity contribution in [2.75, 3.05) is 40.3 Å². The van der Waals surface area contributed by atoms with Gasteiger partial charge in [-0.1, -0.05) is 0 Å². The van der Waals surface area contributed by atoms with Crippen LogP contribution in [0.2, 0.25) is 0 Å². The number of carbonyl (C=O) groups excluding carboxylic acids is 2. The van der Waals surface area contributed by atoms with E-state index in [2.05, 4.69) is 0 Å². The molecule has 0 fully saturated rings. The summed E-state index contributed by atoms with van der Waals surface area (Å²) in [5.41, 5.74) is 0.490. The number of ketones is 1. The second kappa shape index (κ2) is 8.15. The van der Waals surface area contributed by atoms with E-state index < -0.39 is 6.09 Å². The molecule has 1 atom stereocenters. The minimum atomic E-state index is -0.410. The number of hydrogen-bond donors (Lipinski definition) is 0. The first-order chi connectivity index (χ1) is 11.5. The third kappa shape index (κ3) is 4.26. The minimum absolute atomic E-state index is 0.0388. The van der Waals surface area contributed by atoms with E-state index in [1.165, 1.54) is 0 Å². The Morgan fingerprint density at radius 1 is 1.29 bits per heavy atom. The van der Waals surface area contributed by atoms with Crippen LogP contribution in [0.25, 0.3) is 0 Å². The van der Waals surface area contributed by atoms with Gasteiger partial charge in [0, 0.05) is 25.6 Å². The maximum absolute atomic E-state index is 12.8. The van der Waals surface area contributed by atoms with Gasteiger partial charge in [-0.3, -0.25) is 4.79 Å². The first-order valence-corrected chi connectivity index (χ1v) is 8.38. The number of ether oxygens (including phenoxy) is 2. The Morgan fingerprint density at radius 2 is 2.00 bits per heavy atom. The fourth-order valence-corrected chi connectivity index (χ4v) is 2.82. The average Bonchev–Trinajstić information content (AvgIpc) is 2.68. The van der Waals surface area contributed by atoms with Crippen LogP contribution in [0.5, 0.6) is 11.5 Å². The van der Waals surface area contributed by atoms with Crippen molar-refractivity contribution < 1.29 is 19.1 Å². The Morgan fingerprint density at radius 3 is 2.62 bits per heavy atom. The number of rotatable bonds is 5. The van der Waals surface area contributed by atoms with Gasteiger partial charge in [-0.2, -0.15) is 0 Å². The Balaban J connectivity index is 2.22. The summed E-state index contributed by atoms with van der Waals surface area (Å²) in [6.45, 7) is 6.12. The molecule has 1 aliphatic rings. The lowest BCUT2D eigenvalue weighted by atomic mass is 9.95. The van der Waals surface area contributed by atoms with Gasteiger partial charge < -0.3 is 19.3 Å². The van der Waals surface area contributed by atoms with Gasteiger partial charge in [0.25, 0.3) is 0 Å². The number of fused-ring (bicyclic) bond motifs is 1. The molecule has 1 aliphatic heterocycles. The standard InChI is InChI=1S/C18H26N2O4/c1-5-20(6-2)18(22)24-14-7-8-16-15(11-14)17(21)13(9-10-23-16)12-19(3)4/h7-8,11,13H,5-6,9-10,12H2,1-4H3. The molecule has 0 aromatic heterocycles. The van der Waals surface area contributed by atoms with Crippen LogP contribution >= 0.6 is 0 Å². The molecule has 0 radical (unpaired) electrons. The molecule has 1 amide bonds. The van der Waals surface area contributed by atoms with Crippen LogP contribution in [0.3, 0.4) is 0 Å². The number of nitrogens with zero attached hydrogens (tertiary/aromatic N) is 2. The highest BCUT2D eigenvalue weighted by atomic mass is 16.6. The van der Waals surface area contributed by atoms with E-state index in [4.69, 9.17) is 9.47 Å². The predicted molar refractivity (Wildman–Crippen MR) is 91.9 cm³/mol. The number of carbonyl (C=O) groups is 2. The Kier molecular flexibility index (Phi) is 6.20. The molecular weight excluding hydrogens is 308 g/mol. The summed E-state index contributed by atoms with van der Waals surface area (Å²) in [6.07, 6.45) is 0.270. The molecule has 1 aromatic rings. The SMILES string of the molecule is CCN(CC)C(=O)Oc1ccc2c(c1)C(=O)C(CN(C)C)CCO2. The van der Waals surface area contributed by atoms with Gasteiger partial charge in [0.1, 0.15) is 11.5 Å². The van der Waals surface area contributed by atoms with Crippen molar-refractivity contribution >= 4 is 11.9 Å². The summed E-state index contributed by atoms with van der Waals surface area (Å²) >= 11 is 0. The number of hydrogen-bond acceptors (Lipinski definition) is 5. The summed E-state index contributed by atoms with van der Waals surface area (Å²) in [6, 6.07) is 4.99. The predicted octanol–water partition coefficient (Wildman–Crippen LogP) is 2.67. The van der Waals surface area contributed by atoms with Gasteiger partial charge >= 0.3 is 6.09 Å². The van der Waals surface area contributed by atoms with E-state index in [1.807, 2.05) is 32.8 Å². The Labute approximate surface area is 143 Å². The smallest absolute Gasteiger partial charge is 0.415 e. The maximum atomic E-state index is 12.8. The van der Waals surface area contributed by atoms with E-state index in [0.29, 0.717) is 49.7 Å². The molecule has 6 nitrogen and oxygen atoms in total. The zero-order valence-electron chi connectivity index (χ0n) is 14.9. The molecule has 132 valence electrons. The van der Waals surface area contributed by atoms with Crippen molar-refractivity contribution in [1.29, 1.82) is 0 Å². The fourth-order valence-electron chi connectivity index (χ4n) is 2.82. The Bertz CT molecular complexity index is 597. The lowest BCUT2D eigenvalue weighted by molar-refractivity contribution is 0.0891. The van der Waals surface area contributed by atoms with Crippen molar-refractivity contribution in [3.63, 3.8) is 0 Å². The van der Waals surface area contributed by atoms with Crippen molar-refractivity contribution in [1.82, 2.24) is 9.80 Å². The number of benzene rings is 1. The van der Waals surface area contributed by atoms with Gasteiger partial charge in [0.2, 0.25) is 0 Å². The molecular formula is C18H26N2O4. The van der Waals surface area contributed by atoms with Crippen LogP contribution in [-0.4, -0.2) is 62.0 Å². The Hall–Kier alpha value is -2.08. The highest BCUT2D eigenvalue weighted by molar-refractivity contribution is 6.01. The lowest BCUT2D eigenvalue weighted by Crippen LogP contribution is -2.33.